The van der Waals surface area contributed by atoms with Crippen molar-refractivity contribution in [2.75, 3.05) is 12.4 Å². The van der Waals surface area contributed by atoms with Gasteiger partial charge in [0.15, 0.2) is 5.11 Å². The number of para-hydroxylation sites is 1. The van der Waals surface area contributed by atoms with Crippen molar-refractivity contribution in [2.45, 2.75) is 0 Å². The zero-order chi connectivity index (χ0) is 16.8. The van der Waals surface area contributed by atoms with Crippen LogP contribution in [0.3, 0.4) is 0 Å². The number of hydrazine groups is 1. The van der Waals surface area contributed by atoms with Crippen LogP contribution in [-0.2, 0) is 0 Å². The minimum absolute atomic E-state index is 0. The Balaban J connectivity index is 0.00000288. The van der Waals surface area contributed by atoms with Gasteiger partial charge in [0, 0.05) is 12.7 Å². The van der Waals surface area contributed by atoms with Crippen LogP contribution in [0.15, 0.2) is 54.6 Å². The van der Waals surface area contributed by atoms with E-state index in [9.17, 15) is 9.59 Å². The van der Waals surface area contributed by atoms with Crippen molar-refractivity contribution < 1.29 is 67.5 Å². The summed E-state index contributed by atoms with van der Waals surface area (Å²) in [4.78, 5) is 23.4. The second kappa shape index (κ2) is 9.87. The minimum Gasteiger partial charge on any atom is -1.00 e. The molecular weight excluding hydrogens is 353 g/mol. The van der Waals surface area contributed by atoms with Crippen molar-refractivity contribution >= 4 is 34.9 Å². The topological polar surface area (TPSA) is 81.7 Å². The number of carboxylic acid groups (broad SMARTS) is 1. The van der Waals surface area contributed by atoms with Crippen molar-refractivity contribution in [3.63, 3.8) is 0 Å². The average Bonchev–Trinajstić information content (AvgIpc) is 2.55. The third-order valence-corrected chi connectivity index (χ3v) is 3.38. The van der Waals surface area contributed by atoms with Crippen LogP contribution in [0.2, 0.25) is 0 Å². The summed E-state index contributed by atoms with van der Waals surface area (Å²) in [6, 6.07) is 15.2. The molecule has 8 heteroatoms. The number of carbonyl (C=O) groups excluding carboxylic acids is 1. The van der Waals surface area contributed by atoms with Crippen LogP contribution in [0.1, 0.15) is 22.1 Å². The quantitative estimate of drug-likeness (QED) is 0.384. The number of aromatic carboxylic acids is 1. The summed E-state index contributed by atoms with van der Waals surface area (Å²) in [5.74, 6) is -1.72. The molecule has 0 fully saturated rings. The van der Waals surface area contributed by atoms with E-state index in [1.54, 1.807) is 19.2 Å². The van der Waals surface area contributed by atoms with E-state index in [-0.39, 0.29) is 69.1 Å². The molecule has 0 radical (unpaired) electrons. The van der Waals surface area contributed by atoms with Gasteiger partial charge in [-0.3, -0.25) is 15.2 Å². The first-order chi connectivity index (χ1) is 11.0. The number of anilines is 1. The smallest absolute Gasteiger partial charge is 1.00 e. The summed E-state index contributed by atoms with van der Waals surface area (Å²) in [5, 5.41) is 13.7. The molecule has 0 aliphatic rings. The van der Waals surface area contributed by atoms with Gasteiger partial charge in [0.25, 0.3) is 5.91 Å². The van der Waals surface area contributed by atoms with Crippen molar-refractivity contribution in [3.8, 4) is 0 Å². The Kier molecular flexibility index (Phi) is 8.53. The van der Waals surface area contributed by atoms with Gasteiger partial charge in [-0.15, -0.1) is 0 Å². The molecule has 0 aliphatic carbocycles. The normalized spacial score (nSPS) is 9.38. The second-order valence-corrected chi connectivity index (χ2v) is 5.03. The fourth-order valence-electron chi connectivity index (χ4n) is 1.86. The van der Waals surface area contributed by atoms with Crippen LogP contribution in [0, 0.1) is 0 Å². The summed E-state index contributed by atoms with van der Waals surface area (Å²) in [5.41, 5.74) is 3.32. The molecule has 0 bridgehead atoms. The number of hydrogen-bond donors (Lipinski definition) is 3. The maximum absolute atomic E-state index is 12.2. The van der Waals surface area contributed by atoms with E-state index in [0.29, 0.717) is 0 Å². The first-order valence-corrected chi connectivity index (χ1v) is 7.13. The summed E-state index contributed by atoms with van der Waals surface area (Å²) >= 11 is 5.20. The molecule has 0 heterocycles. The molecule has 0 unspecified atom stereocenters. The van der Waals surface area contributed by atoms with Crippen LogP contribution < -0.4 is 62.1 Å². The zero-order valence-electron chi connectivity index (χ0n) is 14.3. The molecule has 24 heavy (non-hydrogen) atoms. The third kappa shape index (κ3) is 5.66. The van der Waals surface area contributed by atoms with Gasteiger partial charge in [0.05, 0.1) is 11.1 Å². The Morgan fingerprint density at radius 2 is 1.58 bits per heavy atom. The number of thiocarbonyl (C=S) groups is 1. The van der Waals surface area contributed by atoms with Crippen LogP contribution >= 0.6 is 12.2 Å². The first-order valence-electron chi connectivity index (χ1n) is 6.72. The molecule has 0 atom stereocenters. The van der Waals surface area contributed by atoms with Gasteiger partial charge in [-0.05, 0) is 36.5 Å². The molecule has 0 saturated carbocycles. The van der Waals surface area contributed by atoms with Crippen molar-refractivity contribution in [2.24, 2.45) is 0 Å². The van der Waals surface area contributed by atoms with Crippen LogP contribution in [-0.4, -0.2) is 34.2 Å². The molecule has 2 rings (SSSR count). The Hall–Kier alpha value is -1.29. The standard InChI is InChI=1S/C16H15N3O3S.K.H/c1-19(16(23)17-11-7-3-2-4-8-11)18-14(20)12-9-5-6-10-13(12)15(21)22;;/h2-10H,1H3,(H,17,23)(H,18,20)(H,21,22);;/q;+1;-1. The molecule has 0 saturated heterocycles. The number of nitrogens with zero attached hydrogens (tertiary/aromatic N) is 1. The minimum atomic E-state index is -1.16. The van der Waals surface area contributed by atoms with E-state index in [1.165, 1.54) is 17.1 Å². The predicted molar refractivity (Wildman–Crippen MR) is 92.4 cm³/mol. The predicted octanol–water partition coefficient (Wildman–Crippen LogP) is -0.525. The maximum atomic E-state index is 12.2. The Morgan fingerprint density at radius 3 is 2.17 bits per heavy atom. The van der Waals surface area contributed by atoms with Gasteiger partial charge in [-0.25, -0.2) is 4.79 Å². The van der Waals surface area contributed by atoms with Crippen LogP contribution in [0.5, 0.6) is 0 Å². The Bertz CT molecular complexity index is 746. The molecular formula is C16H16KN3O3S. The molecule has 3 N–H and O–H groups in total. The molecule has 0 aliphatic heterocycles. The van der Waals surface area contributed by atoms with Crippen LogP contribution in [0.25, 0.3) is 0 Å². The Morgan fingerprint density at radius 1 is 1.04 bits per heavy atom. The summed E-state index contributed by atoms with van der Waals surface area (Å²) in [6.45, 7) is 0. The zero-order valence-corrected chi connectivity index (χ0v) is 17.3. The van der Waals surface area contributed by atoms with Gasteiger partial charge in [-0.2, -0.15) is 0 Å². The monoisotopic (exact) mass is 369 g/mol. The Labute approximate surface area is 189 Å². The molecule has 2 aromatic carbocycles. The second-order valence-electron chi connectivity index (χ2n) is 4.65. The van der Waals surface area contributed by atoms with Gasteiger partial charge in [-0.1, -0.05) is 30.3 Å². The van der Waals surface area contributed by atoms with Crippen molar-refractivity contribution in [1.29, 1.82) is 0 Å². The third-order valence-electron chi connectivity index (χ3n) is 3.00. The van der Waals surface area contributed by atoms with E-state index in [0.717, 1.165) is 5.69 Å². The fourth-order valence-corrected chi connectivity index (χ4v) is 2.02. The largest absolute Gasteiger partial charge is 1.00 e. The van der Waals surface area contributed by atoms with Gasteiger partial charge in [0.1, 0.15) is 0 Å². The number of nitrogens with one attached hydrogen (secondary N) is 2. The van der Waals surface area contributed by atoms with Crippen molar-refractivity contribution in [3.05, 3.63) is 65.7 Å². The number of rotatable bonds is 3. The number of amides is 1. The fraction of sp³-hybridized carbons (Fsp3) is 0.0625. The first kappa shape index (κ1) is 20.8. The van der Waals surface area contributed by atoms with E-state index in [4.69, 9.17) is 17.3 Å². The van der Waals surface area contributed by atoms with Crippen molar-refractivity contribution in [1.82, 2.24) is 10.4 Å². The molecule has 6 nitrogen and oxygen atoms in total. The van der Waals surface area contributed by atoms with Gasteiger partial charge >= 0.3 is 57.4 Å². The number of benzene rings is 2. The van der Waals surface area contributed by atoms with Gasteiger partial charge in [0.2, 0.25) is 0 Å². The summed E-state index contributed by atoms with van der Waals surface area (Å²) in [7, 11) is 1.57. The number of carboxylic acids is 1. The average molecular weight is 369 g/mol. The molecule has 1 amide bonds. The number of hydrogen-bond acceptors (Lipinski definition) is 3. The summed E-state index contributed by atoms with van der Waals surface area (Å²) in [6.07, 6.45) is 0. The van der Waals surface area contributed by atoms with E-state index in [1.807, 2.05) is 30.3 Å². The van der Waals surface area contributed by atoms with E-state index >= 15 is 0 Å². The van der Waals surface area contributed by atoms with Crippen LogP contribution in [0.4, 0.5) is 5.69 Å². The number of carbonyl (C=O) groups is 2. The maximum Gasteiger partial charge on any atom is 1.00 e. The summed E-state index contributed by atoms with van der Waals surface area (Å²) < 4.78 is 0. The molecule has 2 aromatic rings. The SMILES string of the molecule is CN(NC(=O)c1ccccc1C(=O)O)C(=S)Nc1ccccc1.[H-].[K+]. The van der Waals surface area contributed by atoms with Gasteiger partial charge < -0.3 is 11.8 Å². The molecule has 0 aromatic heterocycles. The molecule has 120 valence electrons. The molecule has 0 spiro atoms. The van der Waals surface area contributed by atoms with E-state index < -0.39 is 11.9 Å². The van der Waals surface area contributed by atoms with E-state index in [2.05, 4.69) is 10.7 Å².